The van der Waals surface area contributed by atoms with Crippen LogP contribution in [0.1, 0.15) is 45.6 Å². The quantitative estimate of drug-likeness (QED) is 0.767. The Bertz CT molecular complexity index is 747. The summed E-state index contributed by atoms with van der Waals surface area (Å²) in [6, 6.07) is 3.40. The van der Waals surface area contributed by atoms with Gasteiger partial charge in [-0.3, -0.25) is 4.79 Å². The van der Waals surface area contributed by atoms with Gasteiger partial charge in [-0.1, -0.05) is 23.2 Å². The van der Waals surface area contributed by atoms with Gasteiger partial charge in [0, 0.05) is 23.6 Å². The molecule has 1 heterocycles. The van der Waals surface area contributed by atoms with Crippen molar-refractivity contribution in [3.8, 4) is 0 Å². The first-order chi connectivity index (χ1) is 10.7. The molecule has 0 saturated carbocycles. The topological polar surface area (TPSA) is 47.8 Å². The number of nitrogens with one attached hydrogen (secondary N) is 1. The average molecular weight is 355 g/mol. The zero-order valence-electron chi connectivity index (χ0n) is 13.3. The lowest BCUT2D eigenvalue weighted by Crippen LogP contribution is -3.08. The third kappa shape index (κ3) is 2.91. The van der Waals surface area contributed by atoms with Gasteiger partial charge in [-0.2, -0.15) is 9.69 Å². The van der Waals surface area contributed by atoms with E-state index in [1.807, 2.05) is 0 Å². The van der Waals surface area contributed by atoms with Crippen LogP contribution >= 0.6 is 23.2 Å². The number of quaternary nitrogens is 1. The zero-order valence-corrected chi connectivity index (χ0v) is 14.8. The van der Waals surface area contributed by atoms with Crippen LogP contribution in [0, 0.1) is 0 Å². The molecule has 23 heavy (non-hydrogen) atoms. The Hall–Kier alpha value is -1.36. The number of allylic oxidation sites excluding steroid dienone is 2. The van der Waals surface area contributed by atoms with Crippen molar-refractivity contribution in [3.05, 3.63) is 33.4 Å². The molecule has 1 aromatic rings. The number of hydrogen-bond donors (Lipinski definition) is 1. The third-order valence-corrected chi connectivity index (χ3v) is 4.64. The number of fused-ring (bicyclic) bond motifs is 2. The molecule has 6 heteroatoms. The Morgan fingerprint density at radius 2 is 1.83 bits per heavy atom. The molecular weight excluding hydrogens is 337 g/mol. The molecule has 0 bridgehead atoms. The van der Waals surface area contributed by atoms with Gasteiger partial charge in [-0.25, -0.2) is 0 Å². The largest absolute Gasteiger partial charge is 0.525 e. The van der Waals surface area contributed by atoms with E-state index in [1.165, 1.54) is 0 Å². The normalized spacial score (nSPS) is 20.4. The second kappa shape index (κ2) is 5.62. The van der Waals surface area contributed by atoms with Crippen molar-refractivity contribution in [2.45, 2.75) is 45.6 Å². The molecule has 1 aliphatic carbocycles. The smallest absolute Gasteiger partial charge is 0.414 e. The predicted molar refractivity (Wildman–Crippen MR) is 89.1 cm³/mol. The lowest BCUT2D eigenvalue weighted by atomic mass is 9.92. The lowest BCUT2D eigenvalue weighted by Gasteiger charge is -2.22. The lowest BCUT2D eigenvalue weighted by molar-refractivity contribution is -0.700. The van der Waals surface area contributed by atoms with Crippen LogP contribution in [0.4, 0.5) is 10.5 Å². The molecule has 3 rings (SSSR count). The van der Waals surface area contributed by atoms with E-state index in [4.69, 9.17) is 27.9 Å². The van der Waals surface area contributed by atoms with Crippen molar-refractivity contribution in [2.24, 2.45) is 0 Å². The monoisotopic (exact) mass is 354 g/mol. The zero-order chi connectivity index (χ0) is 16.9. The maximum Gasteiger partial charge on any atom is 0.525 e. The molecular formula is C17H18Cl2NO3+. The van der Waals surface area contributed by atoms with E-state index in [2.05, 4.69) is 0 Å². The summed E-state index contributed by atoms with van der Waals surface area (Å²) in [4.78, 5) is 25.5. The van der Waals surface area contributed by atoms with Gasteiger partial charge in [0.2, 0.25) is 5.78 Å². The summed E-state index contributed by atoms with van der Waals surface area (Å²) in [6.07, 6.45) is 1.48. The summed E-state index contributed by atoms with van der Waals surface area (Å²) in [5, 5.41) is 0.777. The SMILES string of the molecule is CC(C)(C)OC(=O)[NH+]1C2=C(CCCC2=O)c2cc(Cl)c(Cl)cc21. The van der Waals surface area contributed by atoms with Crippen LogP contribution in [0.5, 0.6) is 0 Å². The van der Waals surface area contributed by atoms with Crippen LogP contribution in [0.25, 0.3) is 5.57 Å². The van der Waals surface area contributed by atoms with Gasteiger partial charge < -0.3 is 4.74 Å². The summed E-state index contributed by atoms with van der Waals surface area (Å²) in [5.74, 6) is -0.0180. The summed E-state index contributed by atoms with van der Waals surface area (Å²) in [7, 11) is 0. The van der Waals surface area contributed by atoms with E-state index in [0.717, 1.165) is 24.0 Å². The second-order valence-electron chi connectivity index (χ2n) is 6.82. The standard InChI is InChI=1S/C17H17Cl2NO3/c1-17(2,3)23-16(22)20-13-8-12(19)11(18)7-10(13)9-5-4-6-14(21)15(9)20/h7-8H,4-6H2,1-3H3/p+1. The molecule has 0 saturated heterocycles. The molecule has 0 fully saturated rings. The molecule has 0 spiro atoms. The van der Waals surface area contributed by atoms with Crippen molar-refractivity contribution in [2.75, 3.05) is 0 Å². The number of amides is 1. The third-order valence-electron chi connectivity index (χ3n) is 3.92. The maximum atomic E-state index is 12.7. The fraction of sp³-hybridized carbons (Fsp3) is 0.412. The number of alkyl carbamates (subject to hydrolysis) is 1. The van der Waals surface area contributed by atoms with E-state index in [1.54, 1.807) is 32.9 Å². The summed E-state index contributed by atoms with van der Waals surface area (Å²) < 4.78 is 5.51. The van der Waals surface area contributed by atoms with Gasteiger partial charge in [0.05, 0.1) is 10.0 Å². The van der Waals surface area contributed by atoms with Crippen LogP contribution in [-0.2, 0) is 9.53 Å². The Kier molecular flexibility index (Phi) is 4.03. The van der Waals surface area contributed by atoms with E-state index in [9.17, 15) is 9.59 Å². The average Bonchev–Trinajstić information content (AvgIpc) is 2.73. The number of Topliss-reactive ketones (excluding diaryl/α,β-unsaturated/α-hetero) is 1. The number of halogens is 2. The van der Waals surface area contributed by atoms with E-state index >= 15 is 0 Å². The first-order valence-corrected chi connectivity index (χ1v) is 8.31. The highest BCUT2D eigenvalue weighted by Gasteiger charge is 2.46. The highest BCUT2D eigenvalue weighted by molar-refractivity contribution is 6.42. The van der Waals surface area contributed by atoms with Crippen molar-refractivity contribution in [1.82, 2.24) is 0 Å². The number of rotatable bonds is 0. The number of ether oxygens (including phenoxy) is 1. The maximum absolute atomic E-state index is 12.7. The second-order valence-corrected chi connectivity index (χ2v) is 7.63. The van der Waals surface area contributed by atoms with Crippen molar-refractivity contribution < 1.29 is 19.2 Å². The van der Waals surface area contributed by atoms with Gasteiger partial charge in [0.1, 0.15) is 5.60 Å². The summed E-state index contributed by atoms with van der Waals surface area (Å²) >= 11 is 12.3. The van der Waals surface area contributed by atoms with Crippen LogP contribution in [-0.4, -0.2) is 17.5 Å². The number of carbonyl (C=O) groups is 2. The van der Waals surface area contributed by atoms with Gasteiger partial charge in [-0.15, -0.1) is 0 Å². The molecule has 1 aromatic carbocycles. The summed E-state index contributed by atoms with van der Waals surface area (Å²) in [6.45, 7) is 5.40. The highest BCUT2D eigenvalue weighted by atomic mass is 35.5. The van der Waals surface area contributed by atoms with Crippen LogP contribution in [0.15, 0.2) is 17.8 Å². The number of ketones is 1. The minimum absolute atomic E-state index is 0.0180. The van der Waals surface area contributed by atoms with E-state index in [0.29, 0.717) is 32.8 Å². The molecule has 0 aromatic heterocycles. The van der Waals surface area contributed by atoms with Crippen LogP contribution in [0.2, 0.25) is 10.0 Å². The molecule has 2 aliphatic rings. The van der Waals surface area contributed by atoms with Crippen molar-refractivity contribution in [3.63, 3.8) is 0 Å². The number of benzene rings is 1. The Balaban J connectivity index is 2.15. The fourth-order valence-corrected chi connectivity index (χ4v) is 3.41. The first-order valence-electron chi connectivity index (χ1n) is 7.56. The first kappa shape index (κ1) is 16.5. The highest BCUT2D eigenvalue weighted by Crippen LogP contribution is 2.40. The summed E-state index contributed by atoms with van der Waals surface area (Å²) in [5.41, 5.74) is 2.20. The minimum atomic E-state index is -0.637. The molecule has 122 valence electrons. The number of hydrogen-bond acceptors (Lipinski definition) is 3. The van der Waals surface area contributed by atoms with Crippen molar-refractivity contribution >= 4 is 46.3 Å². The van der Waals surface area contributed by atoms with Gasteiger partial charge in [0.15, 0.2) is 11.4 Å². The molecule has 4 nitrogen and oxygen atoms in total. The Labute approximate surface area is 145 Å². The molecule has 1 unspecified atom stereocenters. The van der Waals surface area contributed by atoms with Gasteiger partial charge in [-0.05, 0) is 39.7 Å². The van der Waals surface area contributed by atoms with Crippen LogP contribution < -0.4 is 4.90 Å². The molecule has 1 N–H and O–H groups in total. The molecule has 0 radical (unpaired) electrons. The van der Waals surface area contributed by atoms with E-state index < -0.39 is 11.7 Å². The Morgan fingerprint density at radius 1 is 1.17 bits per heavy atom. The number of carbonyl (C=O) groups excluding carboxylic acids is 2. The molecule has 1 atom stereocenters. The van der Waals surface area contributed by atoms with Gasteiger partial charge in [0.25, 0.3) is 0 Å². The Morgan fingerprint density at radius 3 is 2.48 bits per heavy atom. The fourth-order valence-electron chi connectivity index (χ4n) is 3.08. The van der Waals surface area contributed by atoms with Crippen molar-refractivity contribution in [1.29, 1.82) is 0 Å². The van der Waals surface area contributed by atoms with E-state index in [-0.39, 0.29) is 5.78 Å². The molecule has 1 aliphatic heterocycles. The predicted octanol–water partition coefficient (Wildman–Crippen LogP) is 3.92. The molecule has 1 amide bonds. The minimum Gasteiger partial charge on any atom is -0.414 e. The van der Waals surface area contributed by atoms with Gasteiger partial charge >= 0.3 is 6.09 Å². The van der Waals surface area contributed by atoms with Crippen LogP contribution in [0.3, 0.4) is 0 Å².